The lowest BCUT2D eigenvalue weighted by atomic mass is 9.89. The lowest BCUT2D eigenvalue weighted by Gasteiger charge is -2.35. The van der Waals surface area contributed by atoms with Gasteiger partial charge in [0.15, 0.2) is 0 Å². The summed E-state index contributed by atoms with van der Waals surface area (Å²) in [4.78, 5) is 13.4. The topological polar surface area (TPSA) is 26.3 Å². The summed E-state index contributed by atoms with van der Waals surface area (Å²) in [7, 11) is -1.81. The Balaban J connectivity index is 1.96. The van der Waals surface area contributed by atoms with Crippen LogP contribution >= 0.6 is 0 Å². The highest BCUT2D eigenvalue weighted by Crippen LogP contribution is 2.70. The monoisotopic (exact) mass is 388 g/mol. The van der Waals surface area contributed by atoms with Crippen molar-refractivity contribution in [1.29, 1.82) is 0 Å². The average molecular weight is 389 g/mol. The molecule has 0 bridgehead atoms. The van der Waals surface area contributed by atoms with Crippen molar-refractivity contribution in [2.24, 2.45) is 0 Å². The van der Waals surface area contributed by atoms with E-state index >= 15 is 0 Å². The molecule has 0 radical (unpaired) electrons. The molecular formula is C25H28O2Si. The van der Waals surface area contributed by atoms with E-state index in [4.69, 9.17) is 4.74 Å². The minimum atomic E-state index is -1.81. The predicted octanol–water partition coefficient (Wildman–Crippen LogP) is 5.86. The van der Waals surface area contributed by atoms with Crippen LogP contribution in [0.15, 0.2) is 72.8 Å². The normalized spacial score (nSPS) is 24.1. The van der Waals surface area contributed by atoms with Gasteiger partial charge in [-0.25, -0.2) is 0 Å². The van der Waals surface area contributed by atoms with Crippen LogP contribution in [0.4, 0.5) is 0 Å². The van der Waals surface area contributed by atoms with E-state index in [1.165, 1.54) is 16.3 Å². The first kappa shape index (κ1) is 18.9. The van der Waals surface area contributed by atoms with Crippen LogP contribution in [-0.2, 0) is 20.0 Å². The maximum atomic E-state index is 13.4. The first-order chi connectivity index (χ1) is 13.4. The van der Waals surface area contributed by atoms with Crippen molar-refractivity contribution in [3.8, 4) is 0 Å². The van der Waals surface area contributed by atoms with E-state index in [2.05, 4.69) is 74.2 Å². The van der Waals surface area contributed by atoms with Crippen molar-refractivity contribution in [2.45, 2.75) is 43.4 Å². The van der Waals surface area contributed by atoms with Crippen molar-refractivity contribution in [3.05, 3.63) is 83.9 Å². The molecule has 0 saturated heterocycles. The molecule has 0 unspecified atom stereocenters. The molecule has 0 heterocycles. The van der Waals surface area contributed by atoms with Crippen LogP contribution in [-0.4, -0.2) is 20.7 Å². The Morgan fingerprint density at radius 2 is 1.54 bits per heavy atom. The van der Waals surface area contributed by atoms with Crippen LogP contribution in [0.5, 0.6) is 0 Å². The van der Waals surface area contributed by atoms with Crippen molar-refractivity contribution in [1.82, 2.24) is 0 Å². The lowest BCUT2D eigenvalue weighted by Crippen LogP contribution is -2.47. The van der Waals surface area contributed by atoms with Crippen LogP contribution < -0.4 is 0 Å². The quantitative estimate of drug-likeness (QED) is 0.404. The zero-order valence-corrected chi connectivity index (χ0v) is 18.2. The predicted molar refractivity (Wildman–Crippen MR) is 118 cm³/mol. The summed E-state index contributed by atoms with van der Waals surface area (Å²) < 4.78 is 5.67. The van der Waals surface area contributed by atoms with Crippen LogP contribution in [0.1, 0.15) is 24.5 Å². The van der Waals surface area contributed by atoms with Crippen LogP contribution in [0.3, 0.4) is 0 Å². The van der Waals surface area contributed by atoms with Crippen molar-refractivity contribution in [2.75, 3.05) is 6.61 Å². The van der Waals surface area contributed by atoms with Gasteiger partial charge in [0, 0.05) is 5.04 Å². The molecule has 1 aliphatic carbocycles. The van der Waals surface area contributed by atoms with Gasteiger partial charge < -0.3 is 4.74 Å². The summed E-state index contributed by atoms with van der Waals surface area (Å²) >= 11 is 0. The summed E-state index contributed by atoms with van der Waals surface area (Å²) in [5, 5.41) is 2.30. The van der Waals surface area contributed by atoms with Crippen molar-refractivity contribution >= 4 is 24.8 Å². The van der Waals surface area contributed by atoms with Crippen LogP contribution in [0.2, 0.25) is 19.6 Å². The summed E-state index contributed by atoms with van der Waals surface area (Å²) in [6, 6.07) is 25.5. The smallest absolute Gasteiger partial charge is 0.317 e. The van der Waals surface area contributed by atoms with E-state index < -0.39 is 13.5 Å². The molecule has 0 aliphatic heterocycles. The molecular weight excluding hydrogens is 360 g/mol. The molecule has 144 valence electrons. The summed E-state index contributed by atoms with van der Waals surface area (Å²) in [5.74, 6) is -0.0724. The Morgan fingerprint density at radius 3 is 2.18 bits per heavy atom. The van der Waals surface area contributed by atoms with Gasteiger partial charge in [0.05, 0.1) is 14.7 Å². The number of ether oxygens (including phenoxy) is 1. The van der Waals surface area contributed by atoms with E-state index in [0.29, 0.717) is 6.61 Å². The lowest BCUT2D eigenvalue weighted by molar-refractivity contribution is -0.146. The van der Waals surface area contributed by atoms with Gasteiger partial charge in [-0.05, 0) is 35.2 Å². The van der Waals surface area contributed by atoms with Gasteiger partial charge in [-0.3, -0.25) is 4.79 Å². The third-order valence-electron chi connectivity index (χ3n) is 6.55. The fraction of sp³-hybridized carbons (Fsp3) is 0.320. The number of esters is 1. The zero-order valence-electron chi connectivity index (χ0n) is 17.2. The minimum Gasteiger partial charge on any atom is -0.465 e. The Morgan fingerprint density at radius 1 is 0.893 bits per heavy atom. The highest BCUT2D eigenvalue weighted by atomic mass is 28.3. The van der Waals surface area contributed by atoms with E-state index in [-0.39, 0.29) is 11.0 Å². The Hall–Kier alpha value is -2.39. The van der Waals surface area contributed by atoms with Gasteiger partial charge in [0.25, 0.3) is 0 Å². The van der Waals surface area contributed by atoms with E-state index in [0.717, 1.165) is 12.0 Å². The summed E-state index contributed by atoms with van der Waals surface area (Å²) in [6.45, 7) is 9.45. The average Bonchev–Trinajstić information content (AvgIpc) is 3.42. The van der Waals surface area contributed by atoms with E-state index in [9.17, 15) is 4.79 Å². The van der Waals surface area contributed by atoms with E-state index in [1.54, 1.807) is 0 Å². The van der Waals surface area contributed by atoms with Crippen LogP contribution in [0, 0.1) is 0 Å². The molecule has 3 heteroatoms. The number of hydrogen-bond acceptors (Lipinski definition) is 2. The molecule has 28 heavy (non-hydrogen) atoms. The summed E-state index contributed by atoms with van der Waals surface area (Å²) in [5.41, 5.74) is 1.78. The molecule has 0 N–H and O–H groups in total. The molecule has 3 aromatic rings. The minimum absolute atomic E-state index is 0.0724. The zero-order chi connectivity index (χ0) is 20.0. The second-order valence-corrected chi connectivity index (χ2v) is 14.2. The third kappa shape index (κ3) is 2.56. The number of carbonyl (C=O) groups is 1. The highest BCUT2D eigenvalue weighted by Gasteiger charge is 2.78. The van der Waals surface area contributed by atoms with Gasteiger partial charge in [-0.2, -0.15) is 0 Å². The Labute approximate surface area is 168 Å². The molecule has 3 aromatic carbocycles. The number of benzene rings is 3. The Bertz CT molecular complexity index is 1020. The standard InChI is InChI=1S/C25H28O2Si/c1-5-27-23(26)24(21-13-7-6-8-14-21)18-25(24,28(2,3)4)22-16-15-19-11-9-10-12-20(19)17-22/h6-17H,5,18H2,1-4H3/t24-,25-/m0/s1. The maximum absolute atomic E-state index is 13.4. The Kier molecular flexibility index (Phi) is 4.46. The highest BCUT2D eigenvalue weighted by molar-refractivity contribution is 6.81. The first-order valence-corrected chi connectivity index (χ1v) is 13.6. The molecule has 4 rings (SSSR count). The molecule has 1 aliphatic rings. The number of carbonyl (C=O) groups excluding carboxylic acids is 1. The number of fused-ring (bicyclic) bond motifs is 1. The van der Waals surface area contributed by atoms with E-state index in [1.807, 2.05) is 25.1 Å². The van der Waals surface area contributed by atoms with Gasteiger partial charge in [-0.1, -0.05) is 92.4 Å². The SMILES string of the molecule is CCOC(=O)[C@@]1(c2ccccc2)C[C@@]1(c1ccc2ccccc2c1)[Si](C)(C)C. The molecule has 2 atom stereocenters. The van der Waals surface area contributed by atoms with Crippen molar-refractivity contribution < 1.29 is 9.53 Å². The molecule has 1 saturated carbocycles. The third-order valence-corrected chi connectivity index (χ3v) is 10.00. The second-order valence-electron chi connectivity index (χ2n) is 8.89. The van der Waals surface area contributed by atoms with Crippen molar-refractivity contribution in [3.63, 3.8) is 0 Å². The number of hydrogen-bond donors (Lipinski definition) is 0. The van der Waals surface area contributed by atoms with Crippen LogP contribution in [0.25, 0.3) is 10.8 Å². The summed E-state index contributed by atoms with van der Waals surface area (Å²) in [6.07, 6.45) is 0.830. The fourth-order valence-electron chi connectivity index (χ4n) is 5.18. The van der Waals surface area contributed by atoms with Gasteiger partial charge >= 0.3 is 5.97 Å². The molecule has 0 amide bonds. The van der Waals surface area contributed by atoms with Gasteiger partial charge in [-0.15, -0.1) is 0 Å². The fourth-order valence-corrected chi connectivity index (χ4v) is 8.53. The van der Waals surface area contributed by atoms with Gasteiger partial charge in [0.1, 0.15) is 5.41 Å². The molecule has 0 spiro atoms. The molecule has 0 aromatic heterocycles. The maximum Gasteiger partial charge on any atom is 0.317 e. The number of rotatable bonds is 5. The molecule has 1 fully saturated rings. The second kappa shape index (κ2) is 6.59. The largest absolute Gasteiger partial charge is 0.465 e. The van der Waals surface area contributed by atoms with Gasteiger partial charge in [0.2, 0.25) is 0 Å². The molecule has 2 nitrogen and oxygen atoms in total. The first-order valence-electron chi connectivity index (χ1n) is 10.1.